The molecule has 4 rings (SSSR count). The van der Waals surface area contributed by atoms with Gasteiger partial charge in [0.15, 0.2) is 0 Å². The highest BCUT2D eigenvalue weighted by molar-refractivity contribution is 5.89. The summed E-state index contributed by atoms with van der Waals surface area (Å²) in [6, 6.07) is 21.8. The van der Waals surface area contributed by atoms with Crippen LogP contribution in [0.1, 0.15) is 36.8 Å². The molecule has 2 aromatic rings. The van der Waals surface area contributed by atoms with Crippen molar-refractivity contribution in [2.45, 2.75) is 25.7 Å². The standard InChI is InChI=1S/C24H27N.C4H4O4/c1-3-9-21(10-4-1)23-14-16-25(17-15-23)19-20-8-7-13-24(18-20)22-11-5-2-6-12-22;5-3(6)1-2-4(7)8/h1-6,9-14,20H,7-8,15-19H2;1-2H,(H,5,6)(H,7,8)/b;2-1-/t20-;/m1./s1. The minimum Gasteiger partial charge on any atom is -0.478 e. The zero-order valence-corrected chi connectivity index (χ0v) is 18.8. The van der Waals surface area contributed by atoms with Crippen molar-refractivity contribution in [3.05, 3.63) is 96.1 Å². The monoisotopic (exact) mass is 445 g/mol. The quantitative estimate of drug-likeness (QED) is 0.585. The Hall–Kier alpha value is -3.44. The fraction of sp³-hybridized carbons (Fsp3) is 0.286. The number of hydrogen-bond donors (Lipinski definition) is 2. The van der Waals surface area contributed by atoms with Crippen LogP contribution in [0.2, 0.25) is 0 Å². The smallest absolute Gasteiger partial charge is 0.328 e. The molecule has 0 fully saturated rings. The van der Waals surface area contributed by atoms with Crippen molar-refractivity contribution in [2.75, 3.05) is 19.6 Å². The molecule has 0 amide bonds. The van der Waals surface area contributed by atoms with Gasteiger partial charge >= 0.3 is 11.9 Å². The van der Waals surface area contributed by atoms with Gasteiger partial charge in [0, 0.05) is 31.8 Å². The van der Waals surface area contributed by atoms with E-state index >= 15 is 0 Å². The molecule has 1 atom stereocenters. The largest absolute Gasteiger partial charge is 0.478 e. The maximum atomic E-state index is 9.55. The molecule has 2 aromatic carbocycles. The van der Waals surface area contributed by atoms with E-state index in [0.717, 1.165) is 12.5 Å². The lowest BCUT2D eigenvalue weighted by Gasteiger charge is -2.32. The van der Waals surface area contributed by atoms with Crippen LogP contribution in [0.3, 0.4) is 0 Å². The highest BCUT2D eigenvalue weighted by Gasteiger charge is 2.21. The molecule has 2 aliphatic rings. The normalized spacial score (nSPS) is 18.6. The van der Waals surface area contributed by atoms with Crippen molar-refractivity contribution in [2.24, 2.45) is 5.92 Å². The summed E-state index contributed by atoms with van der Waals surface area (Å²) < 4.78 is 0. The zero-order valence-electron chi connectivity index (χ0n) is 18.8. The first kappa shape index (κ1) is 24.2. The molecule has 5 nitrogen and oxygen atoms in total. The number of allylic oxidation sites excluding steroid dienone is 2. The minimum atomic E-state index is -1.26. The molecule has 0 bridgehead atoms. The Morgan fingerprint density at radius 3 is 1.94 bits per heavy atom. The van der Waals surface area contributed by atoms with Crippen LogP contribution in [-0.2, 0) is 9.59 Å². The Morgan fingerprint density at radius 2 is 1.42 bits per heavy atom. The summed E-state index contributed by atoms with van der Waals surface area (Å²) >= 11 is 0. The summed E-state index contributed by atoms with van der Waals surface area (Å²) in [4.78, 5) is 21.8. The van der Waals surface area contributed by atoms with E-state index in [2.05, 4.69) is 77.7 Å². The van der Waals surface area contributed by atoms with Gasteiger partial charge in [0.05, 0.1) is 0 Å². The van der Waals surface area contributed by atoms with E-state index in [1.807, 2.05) is 0 Å². The predicted octanol–water partition coefficient (Wildman–Crippen LogP) is 5.37. The van der Waals surface area contributed by atoms with Crippen molar-refractivity contribution in [1.29, 1.82) is 0 Å². The number of carboxylic acids is 2. The van der Waals surface area contributed by atoms with Gasteiger partial charge < -0.3 is 10.2 Å². The second-order valence-corrected chi connectivity index (χ2v) is 8.36. The summed E-state index contributed by atoms with van der Waals surface area (Å²) in [5.41, 5.74) is 5.88. The van der Waals surface area contributed by atoms with Crippen LogP contribution in [-0.4, -0.2) is 46.7 Å². The van der Waals surface area contributed by atoms with Gasteiger partial charge in [0.1, 0.15) is 0 Å². The molecule has 0 saturated carbocycles. The van der Waals surface area contributed by atoms with Gasteiger partial charge in [0.25, 0.3) is 0 Å². The van der Waals surface area contributed by atoms with Crippen molar-refractivity contribution in [1.82, 2.24) is 4.90 Å². The number of benzene rings is 2. The summed E-state index contributed by atoms with van der Waals surface area (Å²) in [5, 5.41) is 15.6. The number of rotatable bonds is 6. The van der Waals surface area contributed by atoms with Gasteiger partial charge in [-0.3, -0.25) is 4.90 Å². The lowest BCUT2D eigenvalue weighted by Crippen LogP contribution is -2.33. The van der Waals surface area contributed by atoms with Gasteiger partial charge in [-0.05, 0) is 53.9 Å². The molecule has 1 aliphatic carbocycles. The molecule has 172 valence electrons. The Labute approximate surface area is 195 Å². The number of hydrogen-bond acceptors (Lipinski definition) is 3. The predicted molar refractivity (Wildman–Crippen MR) is 132 cm³/mol. The van der Waals surface area contributed by atoms with Gasteiger partial charge in [-0.15, -0.1) is 0 Å². The highest BCUT2D eigenvalue weighted by Crippen LogP contribution is 2.32. The maximum absolute atomic E-state index is 9.55. The highest BCUT2D eigenvalue weighted by atomic mass is 16.4. The molecule has 0 unspecified atom stereocenters. The van der Waals surface area contributed by atoms with Gasteiger partial charge in [-0.1, -0.05) is 72.8 Å². The summed E-state index contributed by atoms with van der Waals surface area (Å²) in [5.74, 6) is -1.72. The summed E-state index contributed by atoms with van der Waals surface area (Å²) in [6.07, 6.45) is 11.0. The van der Waals surface area contributed by atoms with E-state index in [-0.39, 0.29) is 0 Å². The van der Waals surface area contributed by atoms with Crippen LogP contribution >= 0.6 is 0 Å². The van der Waals surface area contributed by atoms with E-state index in [1.54, 1.807) is 5.57 Å². The SMILES string of the molecule is C1=C(c2ccccc2)CCN(C[C@@H]2CCC=C(c3ccccc3)C2)C1.O=C(O)/C=C\C(=O)O. The maximum Gasteiger partial charge on any atom is 0.328 e. The van der Waals surface area contributed by atoms with E-state index < -0.39 is 11.9 Å². The second kappa shape index (κ2) is 12.6. The number of aliphatic carboxylic acids is 2. The lowest BCUT2D eigenvalue weighted by molar-refractivity contribution is -0.134. The van der Waals surface area contributed by atoms with Gasteiger partial charge in [-0.2, -0.15) is 0 Å². The van der Waals surface area contributed by atoms with E-state index in [9.17, 15) is 9.59 Å². The van der Waals surface area contributed by atoms with Gasteiger partial charge in [0.2, 0.25) is 0 Å². The molecule has 0 spiro atoms. The third-order valence-corrected chi connectivity index (χ3v) is 5.94. The first-order valence-corrected chi connectivity index (χ1v) is 11.4. The number of nitrogens with zero attached hydrogens (tertiary/aromatic N) is 1. The molecule has 5 heteroatoms. The molecule has 1 heterocycles. The fourth-order valence-corrected chi connectivity index (χ4v) is 4.33. The zero-order chi connectivity index (χ0) is 23.5. The fourth-order valence-electron chi connectivity index (χ4n) is 4.33. The van der Waals surface area contributed by atoms with Crippen molar-refractivity contribution >= 4 is 23.1 Å². The summed E-state index contributed by atoms with van der Waals surface area (Å²) in [7, 11) is 0. The summed E-state index contributed by atoms with van der Waals surface area (Å²) in [6.45, 7) is 3.54. The van der Waals surface area contributed by atoms with Crippen LogP contribution in [0.25, 0.3) is 11.1 Å². The Balaban J connectivity index is 0.000000331. The van der Waals surface area contributed by atoms with Crippen molar-refractivity contribution in [3.8, 4) is 0 Å². The van der Waals surface area contributed by atoms with E-state index in [4.69, 9.17) is 10.2 Å². The molecule has 2 N–H and O–H groups in total. The first-order chi connectivity index (χ1) is 16.0. The average molecular weight is 446 g/mol. The van der Waals surface area contributed by atoms with Crippen LogP contribution in [0.5, 0.6) is 0 Å². The third-order valence-electron chi connectivity index (χ3n) is 5.94. The number of carboxylic acid groups (broad SMARTS) is 2. The van der Waals surface area contributed by atoms with Crippen LogP contribution < -0.4 is 0 Å². The molecule has 0 aromatic heterocycles. The molecule has 33 heavy (non-hydrogen) atoms. The van der Waals surface area contributed by atoms with Crippen molar-refractivity contribution in [3.63, 3.8) is 0 Å². The molecule has 0 radical (unpaired) electrons. The number of carbonyl (C=O) groups is 2. The second-order valence-electron chi connectivity index (χ2n) is 8.36. The van der Waals surface area contributed by atoms with E-state index in [1.165, 1.54) is 55.5 Å². The molecule has 1 aliphatic heterocycles. The average Bonchev–Trinajstić information content (AvgIpc) is 2.85. The van der Waals surface area contributed by atoms with Gasteiger partial charge in [-0.25, -0.2) is 9.59 Å². The minimum absolute atomic E-state index is 0.558. The Bertz CT molecular complexity index is 993. The molecular formula is C28H31NO4. The lowest BCUT2D eigenvalue weighted by atomic mass is 9.85. The van der Waals surface area contributed by atoms with Crippen LogP contribution in [0.15, 0.2) is 85.0 Å². The van der Waals surface area contributed by atoms with E-state index in [0.29, 0.717) is 12.2 Å². The third kappa shape index (κ3) is 8.20. The molecular weight excluding hydrogens is 414 g/mol. The molecule has 0 saturated heterocycles. The topological polar surface area (TPSA) is 77.8 Å². The Kier molecular flexibility index (Phi) is 9.21. The Morgan fingerprint density at radius 1 is 0.848 bits per heavy atom. The van der Waals surface area contributed by atoms with Crippen LogP contribution in [0, 0.1) is 5.92 Å². The van der Waals surface area contributed by atoms with Crippen molar-refractivity contribution < 1.29 is 19.8 Å². The van der Waals surface area contributed by atoms with Crippen LogP contribution in [0.4, 0.5) is 0 Å². The first-order valence-electron chi connectivity index (χ1n) is 11.4.